The van der Waals surface area contributed by atoms with Gasteiger partial charge in [0.05, 0.1) is 18.8 Å². The molecule has 6 heteroatoms. The van der Waals surface area contributed by atoms with Gasteiger partial charge in [-0.15, -0.1) is 0 Å². The SMILES string of the molecule is C=CC(=O)OCCOc1ccc(-c2ccc(-c3ccc(CCCOC(=O)C(=C)CO)cc3)cc2C2CCC(CCC(C)C)CC2)cc1. The minimum Gasteiger partial charge on any atom is -0.490 e. The van der Waals surface area contributed by atoms with Gasteiger partial charge in [0.2, 0.25) is 0 Å². The van der Waals surface area contributed by atoms with Crippen LogP contribution < -0.4 is 4.74 Å². The van der Waals surface area contributed by atoms with Gasteiger partial charge in [-0.2, -0.15) is 0 Å². The highest BCUT2D eigenvalue weighted by atomic mass is 16.6. The van der Waals surface area contributed by atoms with Crippen LogP contribution in [-0.4, -0.2) is 43.5 Å². The molecular weight excluding hydrogens is 588 g/mol. The van der Waals surface area contributed by atoms with Crippen molar-refractivity contribution >= 4 is 11.9 Å². The van der Waals surface area contributed by atoms with E-state index in [1.165, 1.54) is 66.3 Å². The van der Waals surface area contributed by atoms with E-state index in [2.05, 4.69) is 81.6 Å². The first-order valence-electron chi connectivity index (χ1n) is 17.0. The fraction of sp³-hybridized carbons (Fsp3) is 0.415. The predicted molar refractivity (Wildman–Crippen MR) is 188 cm³/mol. The minimum absolute atomic E-state index is 0.0747. The van der Waals surface area contributed by atoms with Crippen molar-refractivity contribution in [2.75, 3.05) is 26.4 Å². The van der Waals surface area contributed by atoms with Crippen molar-refractivity contribution in [1.29, 1.82) is 0 Å². The summed E-state index contributed by atoms with van der Waals surface area (Å²) in [5, 5.41) is 9.01. The Morgan fingerprint density at radius 2 is 1.55 bits per heavy atom. The van der Waals surface area contributed by atoms with Crippen LogP contribution in [0.4, 0.5) is 0 Å². The maximum atomic E-state index is 11.7. The molecule has 1 aliphatic carbocycles. The number of rotatable bonds is 17. The van der Waals surface area contributed by atoms with Gasteiger partial charge in [-0.05, 0) is 102 Å². The van der Waals surface area contributed by atoms with Crippen LogP contribution in [0.15, 0.2) is 91.5 Å². The van der Waals surface area contributed by atoms with Gasteiger partial charge < -0.3 is 19.3 Å². The lowest BCUT2D eigenvalue weighted by atomic mass is 9.74. The average Bonchev–Trinajstić information content (AvgIpc) is 3.11. The van der Waals surface area contributed by atoms with E-state index in [9.17, 15) is 9.59 Å². The minimum atomic E-state index is -0.542. The van der Waals surface area contributed by atoms with Gasteiger partial charge in [0.25, 0.3) is 0 Å². The average molecular weight is 639 g/mol. The van der Waals surface area contributed by atoms with Crippen molar-refractivity contribution in [2.24, 2.45) is 11.8 Å². The first kappa shape index (κ1) is 35.7. The highest BCUT2D eigenvalue weighted by Gasteiger charge is 2.25. The van der Waals surface area contributed by atoms with Crippen LogP contribution >= 0.6 is 0 Å². The molecule has 0 radical (unpaired) electrons. The Kier molecular flexibility index (Phi) is 13.9. The molecule has 47 heavy (non-hydrogen) atoms. The molecule has 1 aliphatic rings. The quantitative estimate of drug-likeness (QED) is 0.0904. The van der Waals surface area contributed by atoms with Gasteiger partial charge in [-0.25, -0.2) is 9.59 Å². The smallest absolute Gasteiger partial charge is 0.335 e. The molecule has 0 aromatic heterocycles. The largest absolute Gasteiger partial charge is 0.490 e. The van der Waals surface area contributed by atoms with Crippen molar-refractivity contribution in [2.45, 2.75) is 71.1 Å². The van der Waals surface area contributed by atoms with Gasteiger partial charge in [-0.1, -0.05) is 94.4 Å². The van der Waals surface area contributed by atoms with Crippen molar-refractivity contribution < 1.29 is 28.9 Å². The second-order valence-corrected chi connectivity index (χ2v) is 12.9. The van der Waals surface area contributed by atoms with Gasteiger partial charge in [-0.3, -0.25) is 0 Å². The summed E-state index contributed by atoms with van der Waals surface area (Å²) in [5.41, 5.74) is 7.49. The maximum Gasteiger partial charge on any atom is 0.335 e. The van der Waals surface area contributed by atoms with Crippen LogP contribution in [-0.2, 0) is 25.5 Å². The van der Waals surface area contributed by atoms with E-state index < -0.39 is 11.9 Å². The number of aliphatic hydroxyl groups is 1. The van der Waals surface area contributed by atoms with Gasteiger partial charge >= 0.3 is 11.9 Å². The number of carbonyl (C=O) groups is 2. The van der Waals surface area contributed by atoms with Crippen molar-refractivity contribution in [3.63, 3.8) is 0 Å². The topological polar surface area (TPSA) is 82.1 Å². The highest BCUT2D eigenvalue weighted by Crippen LogP contribution is 2.43. The molecule has 0 spiro atoms. The first-order chi connectivity index (χ1) is 22.8. The molecule has 1 fully saturated rings. The number of benzene rings is 3. The zero-order valence-corrected chi connectivity index (χ0v) is 28.0. The van der Waals surface area contributed by atoms with Crippen molar-refractivity contribution in [3.8, 4) is 28.0 Å². The number of ether oxygens (including phenoxy) is 3. The van der Waals surface area contributed by atoms with Gasteiger partial charge in [0.15, 0.2) is 0 Å². The summed E-state index contributed by atoms with van der Waals surface area (Å²) in [6, 6.07) is 23.7. The van der Waals surface area contributed by atoms with Crippen LogP contribution in [0.2, 0.25) is 0 Å². The van der Waals surface area contributed by atoms with Crippen LogP contribution in [0.25, 0.3) is 22.3 Å². The van der Waals surface area contributed by atoms with Crippen molar-refractivity contribution in [1.82, 2.24) is 0 Å². The highest BCUT2D eigenvalue weighted by molar-refractivity contribution is 5.87. The molecule has 1 saturated carbocycles. The third-order valence-electron chi connectivity index (χ3n) is 9.03. The molecule has 0 unspecified atom stereocenters. The molecule has 0 heterocycles. The number of aryl methyl sites for hydroxylation is 1. The van der Waals surface area contributed by atoms with Gasteiger partial charge in [0, 0.05) is 6.08 Å². The van der Waals surface area contributed by atoms with Crippen LogP contribution in [0.3, 0.4) is 0 Å². The summed E-state index contributed by atoms with van der Waals surface area (Å²) in [5.74, 6) is 1.84. The Balaban J connectivity index is 1.47. The molecular formula is C41H50O6. The Morgan fingerprint density at radius 3 is 2.21 bits per heavy atom. The Morgan fingerprint density at radius 1 is 0.872 bits per heavy atom. The molecule has 3 aromatic carbocycles. The molecule has 0 atom stereocenters. The molecule has 4 rings (SSSR count). The molecule has 0 amide bonds. The third kappa shape index (κ3) is 11.0. The Labute approximate surface area is 280 Å². The number of aliphatic hydroxyl groups excluding tert-OH is 1. The van der Waals surface area contributed by atoms with E-state index in [4.69, 9.17) is 19.3 Å². The summed E-state index contributed by atoms with van der Waals surface area (Å²) >= 11 is 0. The molecule has 0 saturated heterocycles. The lowest BCUT2D eigenvalue weighted by molar-refractivity contribution is -0.140. The normalized spacial score (nSPS) is 16.0. The van der Waals surface area contributed by atoms with E-state index in [0.717, 1.165) is 35.6 Å². The Hall–Kier alpha value is -4.16. The third-order valence-corrected chi connectivity index (χ3v) is 9.03. The second kappa shape index (κ2) is 18.2. The predicted octanol–water partition coefficient (Wildman–Crippen LogP) is 8.86. The second-order valence-electron chi connectivity index (χ2n) is 12.9. The summed E-state index contributed by atoms with van der Waals surface area (Å²) in [6.45, 7) is 11.9. The Bertz CT molecular complexity index is 1460. The molecule has 0 aliphatic heterocycles. The van der Waals surface area contributed by atoms with Gasteiger partial charge in [0.1, 0.15) is 19.0 Å². The maximum absolute atomic E-state index is 11.7. The van der Waals surface area contributed by atoms with Crippen molar-refractivity contribution in [3.05, 3.63) is 103 Å². The van der Waals surface area contributed by atoms with E-state index in [-0.39, 0.29) is 25.4 Å². The zero-order chi connectivity index (χ0) is 33.6. The summed E-state index contributed by atoms with van der Waals surface area (Å²) < 4.78 is 16.0. The van der Waals surface area contributed by atoms with E-state index >= 15 is 0 Å². The molecule has 0 bridgehead atoms. The van der Waals surface area contributed by atoms with Crippen LogP contribution in [0, 0.1) is 11.8 Å². The lowest BCUT2D eigenvalue weighted by Crippen LogP contribution is -2.14. The molecule has 3 aromatic rings. The summed E-state index contributed by atoms with van der Waals surface area (Å²) in [4.78, 5) is 23.0. The standard InChI is InChI=1S/C41H50O6/c1-5-40(43)46-26-25-45-37-21-18-34(19-22-37)38-23-20-36(27-39(38)35-16-12-32(13-17-35)9-8-29(2)3)33-14-10-31(11-15-33)7-6-24-47-41(44)30(4)28-42/h5,10-11,14-15,18-23,27,29,32,35,42H,1,4,6-9,12-13,16-17,24-26,28H2,2-3H3. The number of carbonyl (C=O) groups excluding carboxylic acids is 2. The molecule has 6 nitrogen and oxygen atoms in total. The van der Waals surface area contributed by atoms with E-state index in [1.807, 2.05) is 12.1 Å². The lowest BCUT2D eigenvalue weighted by Gasteiger charge is -2.31. The van der Waals surface area contributed by atoms with Crippen LogP contribution in [0.1, 0.15) is 75.8 Å². The van der Waals surface area contributed by atoms with E-state index in [1.54, 1.807) is 0 Å². The molecule has 250 valence electrons. The fourth-order valence-electron chi connectivity index (χ4n) is 6.24. The monoisotopic (exact) mass is 638 g/mol. The first-order valence-corrected chi connectivity index (χ1v) is 17.0. The van der Waals surface area contributed by atoms with E-state index in [0.29, 0.717) is 18.9 Å². The zero-order valence-electron chi connectivity index (χ0n) is 28.0. The summed E-state index contributed by atoms with van der Waals surface area (Å²) in [7, 11) is 0. The van der Waals surface area contributed by atoms with Crippen LogP contribution in [0.5, 0.6) is 5.75 Å². The summed E-state index contributed by atoms with van der Waals surface area (Å²) in [6.07, 6.45) is 10.3. The number of hydrogen-bond acceptors (Lipinski definition) is 6. The molecule has 1 N–H and O–H groups in total. The number of esters is 2. The fourth-order valence-corrected chi connectivity index (χ4v) is 6.24. The number of hydrogen-bond donors (Lipinski definition) is 1.